The van der Waals surface area contributed by atoms with Gasteiger partial charge in [0.25, 0.3) is 0 Å². The molecule has 22 heavy (non-hydrogen) atoms. The van der Waals surface area contributed by atoms with Crippen LogP contribution in [-0.2, 0) is 19.2 Å². The second kappa shape index (κ2) is 8.95. The van der Waals surface area contributed by atoms with Crippen molar-refractivity contribution >= 4 is 23.7 Å². The number of carboxylic acids is 1. The van der Waals surface area contributed by atoms with E-state index in [1.807, 2.05) is 5.32 Å². The highest BCUT2D eigenvalue weighted by Crippen LogP contribution is 2.03. The molecule has 0 aromatic rings. The lowest BCUT2D eigenvalue weighted by molar-refractivity contribution is -0.138. The van der Waals surface area contributed by atoms with E-state index in [9.17, 15) is 19.2 Å². The Morgan fingerprint density at radius 3 is 2.45 bits per heavy atom. The summed E-state index contributed by atoms with van der Waals surface area (Å²) >= 11 is 0. The second-order valence-corrected chi connectivity index (χ2v) is 4.78. The van der Waals surface area contributed by atoms with E-state index < -0.39 is 37.0 Å². The van der Waals surface area contributed by atoms with Crippen LogP contribution < -0.4 is 21.3 Å². The highest BCUT2D eigenvalue weighted by atomic mass is 16.4. The SMILES string of the molecule is O=C(O)CNC(=O)[C@H](CO)NC(=O)CNC(=O)[C@@H]1CCCN1. The molecule has 0 aromatic carbocycles. The third-order valence-corrected chi connectivity index (χ3v) is 3.05. The Bertz CT molecular complexity index is 435. The Labute approximate surface area is 126 Å². The Balaban J connectivity index is 2.32. The second-order valence-electron chi connectivity index (χ2n) is 4.78. The Kier molecular flexibility index (Phi) is 7.26. The van der Waals surface area contributed by atoms with Gasteiger partial charge in [0, 0.05) is 0 Å². The third kappa shape index (κ3) is 6.06. The first-order valence-electron chi connectivity index (χ1n) is 6.85. The monoisotopic (exact) mass is 316 g/mol. The van der Waals surface area contributed by atoms with Crippen LogP contribution in [-0.4, -0.2) is 72.2 Å². The molecule has 2 atom stereocenters. The molecule has 1 aliphatic rings. The van der Waals surface area contributed by atoms with Crippen LogP contribution >= 0.6 is 0 Å². The molecule has 1 heterocycles. The van der Waals surface area contributed by atoms with Gasteiger partial charge in [0.2, 0.25) is 17.7 Å². The van der Waals surface area contributed by atoms with Crippen molar-refractivity contribution in [2.24, 2.45) is 0 Å². The van der Waals surface area contributed by atoms with E-state index in [0.717, 1.165) is 13.0 Å². The molecule has 124 valence electrons. The van der Waals surface area contributed by atoms with Gasteiger partial charge in [-0.05, 0) is 19.4 Å². The fourth-order valence-corrected chi connectivity index (χ4v) is 1.92. The van der Waals surface area contributed by atoms with Gasteiger partial charge in [0.1, 0.15) is 12.6 Å². The van der Waals surface area contributed by atoms with Crippen molar-refractivity contribution in [3.05, 3.63) is 0 Å². The van der Waals surface area contributed by atoms with Gasteiger partial charge in [0.15, 0.2) is 0 Å². The minimum absolute atomic E-state index is 0.302. The molecule has 10 nitrogen and oxygen atoms in total. The zero-order valence-electron chi connectivity index (χ0n) is 11.9. The summed E-state index contributed by atoms with van der Waals surface area (Å²) in [6.07, 6.45) is 1.59. The molecule has 6 N–H and O–H groups in total. The number of rotatable bonds is 8. The lowest BCUT2D eigenvalue weighted by atomic mass is 10.2. The van der Waals surface area contributed by atoms with Gasteiger partial charge in [-0.15, -0.1) is 0 Å². The summed E-state index contributed by atoms with van der Waals surface area (Å²) in [7, 11) is 0. The number of amides is 3. The number of hydrogen-bond acceptors (Lipinski definition) is 6. The molecule has 0 aromatic heterocycles. The van der Waals surface area contributed by atoms with Crippen LogP contribution in [0.25, 0.3) is 0 Å². The minimum atomic E-state index is -1.27. The van der Waals surface area contributed by atoms with Crippen LogP contribution in [0.4, 0.5) is 0 Å². The molecule has 0 unspecified atom stereocenters. The Hall–Kier alpha value is -2.20. The molecule has 10 heteroatoms. The van der Waals surface area contributed by atoms with Gasteiger partial charge in [0.05, 0.1) is 19.2 Å². The lowest BCUT2D eigenvalue weighted by Gasteiger charge is -2.16. The summed E-state index contributed by atoms with van der Waals surface area (Å²) < 4.78 is 0. The van der Waals surface area contributed by atoms with Crippen LogP contribution in [0.1, 0.15) is 12.8 Å². The van der Waals surface area contributed by atoms with Crippen LogP contribution in [0.3, 0.4) is 0 Å². The summed E-state index contributed by atoms with van der Waals surface area (Å²) in [5.74, 6) is -3.02. The molecule has 0 saturated carbocycles. The zero-order chi connectivity index (χ0) is 16.5. The maximum atomic E-state index is 11.7. The van der Waals surface area contributed by atoms with Crippen molar-refractivity contribution in [2.75, 3.05) is 26.2 Å². The van der Waals surface area contributed by atoms with Crippen molar-refractivity contribution in [1.82, 2.24) is 21.3 Å². The zero-order valence-corrected chi connectivity index (χ0v) is 11.9. The van der Waals surface area contributed by atoms with E-state index in [0.29, 0.717) is 6.42 Å². The molecule has 1 fully saturated rings. The molecule has 1 saturated heterocycles. The number of carbonyl (C=O) groups excluding carboxylic acids is 3. The normalized spacial score (nSPS) is 18.3. The first-order valence-corrected chi connectivity index (χ1v) is 6.85. The smallest absolute Gasteiger partial charge is 0.322 e. The van der Waals surface area contributed by atoms with E-state index in [2.05, 4.69) is 16.0 Å². The number of carbonyl (C=O) groups is 4. The maximum Gasteiger partial charge on any atom is 0.322 e. The van der Waals surface area contributed by atoms with Crippen LogP contribution in [0.2, 0.25) is 0 Å². The largest absolute Gasteiger partial charge is 0.480 e. The number of carboxylic acid groups (broad SMARTS) is 1. The number of nitrogens with one attached hydrogen (secondary N) is 4. The summed E-state index contributed by atoms with van der Waals surface area (Å²) in [5, 5.41) is 27.1. The molecular weight excluding hydrogens is 296 g/mol. The topological polar surface area (TPSA) is 157 Å². The third-order valence-electron chi connectivity index (χ3n) is 3.05. The summed E-state index contributed by atoms with van der Waals surface area (Å²) in [5.41, 5.74) is 0. The van der Waals surface area contributed by atoms with Gasteiger partial charge in [-0.1, -0.05) is 0 Å². The predicted molar refractivity (Wildman–Crippen MR) is 73.7 cm³/mol. The number of aliphatic hydroxyl groups is 1. The van der Waals surface area contributed by atoms with E-state index >= 15 is 0 Å². The van der Waals surface area contributed by atoms with Crippen molar-refractivity contribution in [1.29, 1.82) is 0 Å². The van der Waals surface area contributed by atoms with Gasteiger partial charge in [-0.25, -0.2) is 0 Å². The highest BCUT2D eigenvalue weighted by molar-refractivity contribution is 5.92. The molecule has 0 aliphatic carbocycles. The summed E-state index contributed by atoms with van der Waals surface area (Å²) in [6.45, 7) is -0.884. The standard InChI is InChI=1S/C12H20N4O6/c17-6-8(12(22)15-5-10(19)20)16-9(18)4-14-11(21)7-2-1-3-13-7/h7-8,13,17H,1-6H2,(H,14,21)(H,15,22)(H,16,18)(H,19,20)/t7-,8-/m0/s1. The molecule has 3 amide bonds. The van der Waals surface area contributed by atoms with E-state index in [1.54, 1.807) is 0 Å². The number of aliphatic carboxylic acids is 1. The first-order chi connectivity index (χ1) is 10.4. The van der Waals surface area contributed by atoms with Crippen molar-refractivity contribution in [3.8, 4) is 0 Å². The molecule has 0 bridgehead atoms. The predicted octanol–water partition coefficient (Wildman–Crippen LogP) is -3.47. The van der Waals surface area contributed by atoms with Crippen LogP contribution in [0.5, 0.6) is 0 Å². The summed E-state index contributed by atoms with van der Waals surface area (Å²) in [4.78, 5) is 45.1. The number of hydrogen-bond donors (Lipinski definition) is 6. The quantitative estimate of drug-likeness (QED) is 0.271. The number of aliphatic hydroxyl groups excluding tert-OH is 1. The van der Waals surface area contributed by atoms with Crippen LogP contribution in [0, 0.1) is 0 Å². The highest BCUT2D eigenvalue weighted by Gasteiger charge is 2.23. The first kappa shape index (κ1) is 17.9. The van der Waals surface area contributed by atoms with Gasteiger partial charge >= 0.3 is 5.97 Å². The van der Waals surface area contributed by atoms with E-state index in [1.165, 1.54) is 0 Å². The molecule has 1 rings (SSSR count). The van der Waals surface area contributed by atoms with E-state index in [4.69, 9.17) is 10.2 Å². The van der Waals surface area contributed by atoms with Gasteiger partial charge < -0.3 is 31.5 Å². The van der Waals surface area contributed by atoms with Gasteiger partial charge in [-0.3, -0.25) is 19.2 Å². The average molecular weight is 316 g/mol. The summed E-state index contributed by atoms with van der Waals surface area (Å²) in [6, 6.07) is -1.59. The van der Waals surface area contributed by atoms with Gasteiger partial charge in [-0.2, -0.15) is 0 Å². The molecule has 0 spiro atoms. The molecule has 0 radical (unpaired) electrons. The van der Waals surface area contributed by atoms with Crippen LogP contribution in [0.15, 0.2) is 0 Å². The minimum Gasteiger partial charge on any atom is -0.480 e. The Morgan fingerprint density at radius 2 is 1.91 bits per heavy atom. The maximum absolute atomic E-state index is 11.7. The van der Waals surface area contributed by atoms with Crippen molar-refractivity contribution in [2.45, 2.75) is 24.9 Å². The average Bonchev–Trinajstić information content (AvgIpc) is 3.02. The molecular formula is C12H20N4O6. The molecule has 1 aliphatic heterocycles. The fraction of sp³-hybridized carbons (Fsp3) is 0.667. The van der Waals surface area contributed by atoms with Crippen molar-refractivity contribution < 1.29 is 29.4 Å². The van der Waals surface area contributed by atoms with Crippen molar-refractivity contribution in [3.63, 3.8) is 0 Å². The lowest BCUT2D eigenvalue weighted by Crippen LogP contribution is -2.52. The fourth-order valence-electron chi connectivity index (χ4n) is 1.92. The van der Waals surface area contributed by atoms with E-state index in [-0.39, 0.29) is 18.5 Å². The Morgan fingerprint density at radius 1 is 1.18 bits per heavy atom.